The molecule has 0 bridgehead atoms. The first-order chi connectivity index (χ1) is 10.1. The summed E-state index contributed by atoms with van der Waals surface area (Å²) < 4.78 is 1.05. The highest BCUT2D eigenvalue weighted by molar-refractivity contribution is 9.10. The molecular formula is C17H28BrN3. The molecule has 1 saturated carbocycles. The summed E-state index contributed by atoms with van der Waals surface area (Å²) in [7, 11) is 6.58. The van der Waals surface area contributed by atoms with Crippen LogP contribution in [0, 0.1) is 0 Å². The summed E-state index contributed by atoms with van der Waals surface area (Å²) in [5.74, 6) is 0. The molecule has 1 aliphatic rings. The number of rotatable bonds is 5. The molecule has 0 saturated heterocycles. The Morgan fingerprint density at radius 3 is 2.38 bits per heavy atom. The molecule has 0 aliphatic heterocycles. The van der Waals surface area contributed by atoms with Crippen LogP contribution in [0.2, 0.25) is 0 Å². The van der Waals surface area contributed by atoms with E-state index in [1.807, 2.05) is 6.20 Å². The van der Waals surface area contributed by atoms with Gasteiger partial charge in [0.05, 0.1) is 0 Å². The number of hydrogen-bond acceptors (Lipinski definition) is 3. The third kappa shape index (κ3) is 4.05. The summed E-state index contributed by atoms with van der Waals surface area (Å²) >= 11 is 3.46. The fourth-order valence-corrected chi connectivity index (χ4v) is 3.98. The molecule has 2 rings (SSSR count). The van der Waals surface area contributed by atoms with E-state index in [0.29, 0.717) is 6.04 Å². The third-order valence-electron chi connectivity index (χ3n) is 5.06. The first kappa shape index (κ1) is 16.9. The number of halogens is 1. The molecule has 0 aromatic carbocycles. The zero-order chi connectivity index (χ0) is 15.3. The lowest BCUT2D eigenvalue weighted by Crippen LogP contribution is -2.59. The Morgan fingerprint density at radius 2 is 1.90 bits per heavy atom. The van der Waals surface area contributed by atoms with Crippen molar-refractivity contribution in [2.75, 3.05) is 21.1 Å². The predicted molar refractivity (Wildman–Crippen MR) is 92.6 cm³/mol. The predicted octanol–water partition coefficient (Wildman–Crippen LogP) is 3.63. The van der Waals surface area contributed by atoms with Crippen molar-refractivity contribution in [3.8, 4) is 0 Å². The Hall–Kier alpha value is -0.450. The highest BCUT2D eigenvalue weighted by atomic mass is 79.9. The van der Waals surface area contributed by atoms with Gasteiger partial charge >= 0.3 is 0 Å². The van der Waals surface area contributed by atoms with Crippen LogP contribution in [-0.2, 0) is 6.42 Å². The number of pyridine rings is 1. The molecule has 1 unspecified atom stereocenters. The lowest BCUT2D eigenvalue weighted by Gasteiger charge is -2.46. The van der Waals surface area contributed by atoms with Crippen molar-refractivity contribution in [2.45, 2.75) is 56.5 Å². The zero-order valence-electron chi connectivity index (χ0n) is 13.5. The van der Waals surface area contributed by atoms with Crippen molar-refractivity contribution in [1.29, 1.82) is 0 Å². The lowest BCUT2D eigenvalue weighted by atomic mass is 9.79. The second kappa shape index (κ2) is 7.70. The second-order valence-corrected chi connectivity index (χ2v) is 7.34. The molecule has 118 valence electrons. The monoisotopic (exact) mass is 353 g/mol. The van der Waals surface area contributed by atoms with Crippen molar-refractivity contribution in [3.05, 3.63) is 28.5 Å². The maximum Gasteiger partial charge on any atom is 0.0420 e. The summed E-state index contributed by atoms with van der Waals surface area (Å²) in [6, 6.07) is 4.66. The molecule has 1 N–H and O–H groups in total. The number of likely N-dealkylation sites (N-methyl/N-ethyl adjacent to an activating group) is 2. The molecular weight excluding hydrogens is 326 g/mol. The summed E-state index contributed by atoms with van der Waals surface area (Å²) in [6.45, 7) is 0. The molecule has 1 aromatic heterocycles. The van der Waals surface area contributed by atoms with Crippen molar-refractivity contribution < 1.29 is 0 Å². The quantitative estimate of drug-likeness (QED) is 0.819. The highest BCUT2D eigenvalue weighted by Crippen LogP contribution is 2.35. The molecule has 3 nitrogen and oxygen atoms in total. The molecule has 0 spiro atoms. The average Bonchev–Trinajstić information content (AvgIpc) is 2.73. The summed E-state index contributed by atoms with van der Waals surface area (Å²) in [5.41, 5.74) is 1.42. The van der Waals surface area contributed by atoms with Gasteiger partial charge in [-0.15, -0.1) is 0 Å². The number of hydrogen-bond donors (Lipinski definition) is 1. The van der Waals surface area contributed by atoms with E-state index in [0.717, 1.165) is 10.9 Å². The van der Waals surface area contributed by atoms with E-state index in [4.69, 9.17) is 0 Å². The van der Waals surface area contributed by atoms with E-state index >= 15 is 0 Å². The van der Waals surface area contributed by atoms with Crippen LogP contribution >= 0.6 is 15.9 Å². The van der Waals surface area contributed by atoms with Crippen LogP contribution in [0.3, 0.4) is 0 Å². The molecule has 0 amide bonds. The van der Waals surface area contributed by atoms with Gasteiger partial charge in [0, 0.05) is 34.4 Å². The largest absolute Gasteiger partial charge is 0.315 e. The molecule has 0 radical (unpaired) electrons. The number of aromatic nitrogens is 1. The van der Waals surface area contributed by atoms with Crippen molar-refractivity contribution in [3.63, 3.8) is 0 Å². The lowest BCUT2D eigenvalue weighted by molar-refractivity contribution is 0.0831. The van der Waals surface area contributed by atoms with Gasteiger partial charge in [0.15, 0.2) is 0 Å². The summed E-state index contributed by atoms with van der Waals surface area (Å²) in [6.07, 6.45) is 10.9. The van der Waals surface area contributed by atoms with Gasteiger partial charge in [-0.3, -0.25) is 4.98 Å². The smallest absolute Gasteiger partial charge is 0.0420 e. The Morgan fingerprint density at radius 1 is 1.24 bits per heavy atom. The normalized spacial score (nSPS) is 20.2. The summed E-state index contributed by atoms with van der Waals surface area (Å²) in [5, 5.41) is 3.59. The van der Waals surface area contributed by atoms with Crippen molar-refractivity contribution in [1.82, 2.24) is 15.2 Å². The molecule has 1 aliphatic carbocycles. The maximum atomic E-state index is 4.57. The SMILES string of the molecule is CNC(Cc1ccc(Br)cn1)C1(N(C)C)CCCCCC1. The molecule has 1 heterocycles. The molecule has 4 heteroatoms. The molecule has 1 atom stereocenters. The minimum absolute atomic E-state index is 0.250. The van der Waals surface area contributed by atoms with Gasteiger partial charge in [-0.1, -0.05) is 25.7 Å². The van der Waals surface area contributed by atoms with Gasteiger partial charge in [0.2, 0.25) is 0 Å². The van der Waals surface area contributed by atoms with Crippen LogP contribution in [-0.4, -0.2) is 42.6 Å². The van der Waals surface area contributed by atoms with Gasteiger partial charge in [-0.05, 0) is 62.0 Å². The van der Waals surface area contributed by atoms with Gasteiger partial charge < -0.3 is 10.2 Å². The Labute approximate surface area is 137 Å². The van der Waals surface area contributed by atoms with E-state index in [1.54, 1.807) is 0 Å². The van der Waals surface area contributed by atoms with Crippen molar-refractivity contribution in [2.24, 2.45) is 0 Å². The van der Waals surface area contributed by atoms with Crippen molar-refractivity contribution >= 4 is 15.9 Å². The van der Waals surface area contributed by atoms with Gasteiger partial charge in [-0.25, -0.2) is 0 Å². The van der Waals surface area contributed by atoms with Gasteiger partial charge in [0.1, 0.15) is 0 Å². The molecule has 1 aromatic rings. The number of nitrogens with zero attached hydrogens (tertiary/aromatic N) is 2. The van der Waals surface area contributed by atoms with Crippen LogP contribution in [0.4, 0.5) is 0 Å². The van der Waals surface area contributed by atoms with Crippen LogP contribution < -0.4 is 5.32 Å². The Balaban J connectivity index is 2.20. The number of nitrogens with one attached hydrogen (secondary N) is 1. The first-order valence-corrected chi connectivity index (χ1v) is 8.83. The summed E-state index contributed by atoms with van der Waals surface area (Å²) in [4.78, 5) is 7.03. The standard InChI is InChI=1S/C17H28BrN3/c1-19-16(12-15-9-8-14(18)13-20-15)17(21(2)3)10-6-4-5-7-11-17/h8-9,13,16,19H,4-7,10-12H2,1-3H3. The maximum absolute atomic E-state index is 4.57. The second-order valence-electron chi connectivity index (χ2n) is 6.43. The van der Waals surface area contributed by atoms with Crippen LogP contribution in [0.1, 0.15) is 44.2 Å². The first-order valence-electron chi connectivity index (χ1n) is 8.03. The van der Waals surface area contributed by atoms with E-state index in [2.05, 4.69) is 64.4 Å². The van der Waals surface area contributed by atoms with E-state index < -0.39 is 0 Å². The highest BCUT2D eigenvalue weighted by Gasteiger charge is 2.40. The van der Waals surface area contributed by atoms with Crippen LogP contribution in [0.25, 0.3) is 0 Å². The minimum atomic E-state index is 0.250. The van der Waals surface area contributed by atoms with Gasteiger partial charge in [-0.2, -0.15) is 0 Å². The molecule has 21 heavy (non-hydrogen) atoms. The van der Waals surface area contributed by atoms with Crippen LogP contribution in [0.5, 0.6) is 0 Å². The topological polar surface area (TPSA) is 28.2 Å². The Bertz CT molecular complexity index is 422. The van der Waals surface area contributed by atoms with Gasteiger partial charge in [0.25, 0.3) is 0 Å². The minimum Gasteiger partial charge on any atom is -0.315 e. The average molecular weight is 354 g/mol. The fraction of sp³-hybridized carbons (Fsp3) is 0.706. The molecule has 1 fully saturated rings. The Kier molecular flexibility index (Phi) is 6.20. The van der Waals surface area contributed by atoms with Crippen LogP contribution in [0.15, 0.2) is 22.8 Å². The fourth-order valence-electron chi connectivity index (χ4n) is 3.75. The third-order valence-corrected chi connectivity index (χ3v) is 5.53. The zero-order valence-corrected chi connectivity index (χ0v) is 15.1. The van der Waals surface area contributed by atoms with E-state index in [1.165, 1.54) is 44.2 Å². The van der Waals surface area contributed by atoms with E-state index in [-0.39, 0.29) is 5.54 Å². The van der Waals surface area contributed by atoms with E-state index in [9.17, 15) is 0 Å².